The Morgan fingerprint density at radius 3 is 2.25 bits per heavy atom. The highest BCUT2D eigenvalue weighted by atomic mass is 16.5. The molecule has 0 amide bonds. The van der Waals surface area contributed by atoms with Crippen LogP contribution in [-0.4, -0.2) is 24.8 Å². The van der Waals surface area contributed by atoms with Crippen LogP contribution in [0.2, 0.25) is 0 Å². The second-order valence-corrected chi connectivity index (χ2v) is 7.38. The Labute approximate surface area is 125 Å². The molecule has 3 fully saturated rings. The van der Waals surface area contributed by atoms with Gasteiger partial charge in [0.2, 0.25) is 0 Å². The fraction of sp³-hybridized carbons (Fsp3) is 1.00. The minimum atomic E-state index is 0.501. The lowest BCUT2D eigenvalue weighted by Crippen LogP contribution is -2.65. The summed E-state index contributed by atoms with van der Waals surface area (Å²) in [5, 5.41) is 3.74. The van der Waals surface area contributed by atoms with Crippen LogP contribution in [0.1, 0.15) is 84.0 Å². The van der Waals surface area contributed by atoms with Gasteiger partial charge < -0.3 is 10.1 Å². The Morgan fingerprint density at radius 1 is 0.950 bits per heavy atom. The molecule has 3 rings (SSSR count). The summed E-state index contributed by atoms with van der Waals surface area (Å²) in [7, 11) is 0. The molecular formula is C18H33NO. The van der Waals surface area contributed by atoms with Gasteiger partial charge >= 0.3 is 0 Å². The SMILES string of the molecule is CCNC1CC(OC2CCCCCC2)C12CCCCC2. The van der Waals surface area contributed by atoms with Gasteiger partial charge in [-0.05, 0) is 38.6 Å². The zero-order valence-electron chi connectivity index (χ0n) is 13.3. The van der Waals surface area contributed by atoms with Gasteiger partial charge in [-0.2, -0.15) is 0 Å². The maximum atomic E-state index is 6.64. The summed E-state index contributed by atoms with van der Waals surface area (Å²) in [6.07, 6.45) is 17.8. The fourth-order valence-corrected chi connectivity index (χ4v) is 4.96. The molecule has 0 heterocycles. The summed E-state index contributed by atoms with van der Waals surface area (Å²) in [6.45, 7) is 3.36. The monoisotopic (exact) mass is 279 g/mol. The van der Waals surface area contributed by atoms with Gasteiger partial charge in [-0.25, -0.2) is 0 Å². The molecule has 1 spiro atoms. The first-order valence-electron chi connectivity index (χ1n) is 9.24. The first-order valence-corrected chi connectivity index (χ1v) is 9.24. The summed E-state index contributed by atoms with van der Waals surface area (Å²) in [6, 6.07) is 0.739. The van der Waals surface area contributed by atoms with Crippen LogP contribution in [0.25, 0.3) is 0 Å². The molecule has 0 aromatic heterocycles. The largest absolute Gasteiger partial charge is 0.374 e. The summed E-state index contributed by atoms with van der Waals surface area (Å²) < 4.78 is 6.64. The topological polar surface area (TPSA) is 21.3 Å². The number of hydrogen-bond acceptors (Lipinski definition) is 2. The number of nitrogens with one attached hydrogen (secondary N) is 1. The number of rotatable bonds is 4. The Morgan fingerprint density at radius 2 is 1.60 bits per heavy atom. The molecule has 0 saturated heterocycles. The first kappa shape index (κ1) is 14.8. The molecule has 0 radical (unpaired) electrons. The average molecular weight is 279 g/mol. The first-order chi connectivity index (χ1) is 9.85. The standard InChI is InChI=1S/C18H33NO/c1-2-19-16-14-17(18(16)12-8-5-9-13-18)20-15-10-6-3-4-7-11-15/h15-17,19H,2-14H2,1H3. The van der Waals surface area contributed by atoms with Gasteiger partial charge in [-0.15, -0.1) is 0 Å². The Bertz CT molecular complexity index is 290. The molecule has 0 aromatic carbocycles. The van der Waals surface area contributed by atoms with E-state index in [4.69, 9.17) is 4.74 Å². The van der Waals surface area contributed by atoms with Crippen LogP contribution >= 0.6 is 0 Å². The van der Waals surface area contributed by atoms with Gasteiger partial charge in [0.25, 0.3) is 0 Å². The predicted molar refractivity (Wildman–Crippen MR) is 84.0 cm³/mol. The second-order valence-electron chi connectivity index (χ2n) is 7.38. The second kappa shape index (κ2) is 6.79. The van der Waals surface area contributed by atoms with Crippen molar-refractivity contribution >= 4 is 0 Å². The van der Waals surface area contributed by atoms with Crippen molar-refractivity contribution in [1.82, 2.24) is 5.32 Å². The molecule has 2 nitrogen and oxygen atoms in total. The molecule has 1 N–H and O–H groups in total. The molecule has 3 aliphatic rings. The molecular weight excluding hydrogens is 246 g/mol. The van der Waals surface area contributed by atoms with Gasteiger partial charge in [0, 0.05) is 11.5 Å². The lowest BCUT2D eigenvalue weighted by Gasteiger charge is -2.58. The van der Waals surface area contributed by atoms with Gasteiger partial charge in [-0.3, -0.25) is 0 Å². The summed E-state index contributed by atoms with van der Waals surface area (Å²) >= 11 is 0. The highest BCUT2D eigenvalue weighted by Crippen LogP contribution is 2.53. The van der Waals surface area contributed by atoms with E-state index in [0.717, 1.165) is 12.6 Å². The molecule has 116 valence electrons. The van der Waals surface area contributed by atoms with Crippen molar-refractivity contribution in [3.63, 3.8) is 0 Å². The van der Waals surface area contributed by atoms with Crippen LogP contribution in [0.3, 0.4) is 0 Å². The van der Waals surface area contributed by atoms with Crippen molar-refractivity contribution in [2.45, 2.75) is 102 Å². The summed E-state index contributed by atoms with van der Waals surface area (Å²) in [4.78, 5) is 0. The van der Waals surface area contributed by atoms with Crippen molar-refractivity contribution in [3.8, 4) is 0 Å². The van der Waals surface area contributed by atoms with Crippen LogP contribution in [0.4, 0.5) is 0 Å². The van der Waals surface area contributed by atoms with Crippen molar-refractivity contribution in [1.29, 1.82) is 0 Å². The van der Waals surface area contributed by atoms with Gasteiger partial charge in [0.1, 0.15) is 0 Å². The molecule has 0 bridgehead atoms. The summed E-state index contributed by atoms with van der Waals surface area (Å²) in [5.74, 6) is 0. The minimum absolute atomic E-state index is 0.501. The fourth-order valence-electron chi connectivity index (χ4n) is 4.96. The highest BCUT2D eigenvalue weighted by molar-refractivity contribution is 5.09. The molecule has 2 unspecified atom stereocenters. The number of hydrogen-bond donors (Lipinski definition) is 1. The van der Waals surface area contributed by atoms with Crippen molar-refractivity contribution in [2.75, 3.05) is 6.54 Å². The van der Waals surface area contributed by atoms with E-state index < -0.39 is 0 Å². The van der Waals surface area contributed by atoms with Crippen LogP contribution in [0, 0.1) is 5.41 Å². The molecule has 2 heteroatoms. The minimum Gasteiger partial charge on any atom is -0.374 e. The predicted octanol–water partition coefficient (Wildman–Crippen LogP) is 4.43. The molecule has 3 aliphatic carbocycles. The maximum absolute atomic E-state index is 6.64. The highest BCUT2D eigenvalue weighted by Gasteiger charge is 2.55. The van der Waals surface area contributed by atoms with Gasteiger partial charge in [-0.1, -0.05) is 51.9 Å². The van der Waals surface area contributed by atoms with Crippen LogP contribution < -0.4 is 5.32 Å². The van der Waals surface area contributed by atoms with E-state index in [0.29, 0.717) is 17.6 Å². The normalized spacial score (nSPS) is 34.6. The third-order valence-electron chi connectivity index (χ3n) is 6.18. The van der Waals surface area contributed by atoms with E-state index >= 15 is 0 Å². The van der Waals surface area contributed by atoms with Gasteiger partial charge in [0.05, 0.1) is 12.2 Å². The Hall–Kier alpha value is -0.0800. The smallest absolute Gasteiger partial charge is 0.0665 e. The Kier molecular flexibility index (Phi) is 5.04. The van der Waals surface area contributed by atoms with E-state index in [1.807, 2.05) is 0 Å². The Balaban J connectivity index is 1.60. The lowest BCUT2D eigenvalue weighted by atomic mass is 9.55. The van der Waals surface area contributed by atoms with E-state index in [-0.39, 0.29) is 0 Å². The van der Waals surface area contributed by atoms with E-state index in [1.54, 1.807) is 0 Å². The summed E-state index contributed by atoms with van der Waals surface area (Å²) in [5.41, 5.74) is 0.501. The molecule has 2 atom stereocenters. The molecule has 0 aliphatic heterocycles. The third kappa shape index (κ3) is 2.92. The zero-order chi connectivity index (χ0) is 13.8. The molecule has 20 heavy (non-hydrogen) atoms. The van der Waals surface area contributed by atoms with Crippen molar-refractivity contribution in [2.24, 2.45) is 5.41 Å². The van der Waals surface area contributed by atoms with E-state index in [2.05, 4.69) is 12.2 Å². The third-order valence-corrected chi connectivity index (χ3v) is 6.18. The van der Waals surface area contributed by atoms with Crippen molar-refractivity contribution in [3.05, 3.63) is 0 Å². The van der Waals surface area contributed by atoms with Crippen LogP contribution in [0.5, 0.6) is 0 Å². The van der Waals surface area contributed by atoms with Crippen LogP contribution in [0.15, 0.2) is 0 Å². The zero-order valence-corrected chi connectivity index (χ0v) is 13.3. The van der Waals surface area contributed by atoms with E-state index in [9.17, 15) is 0 Å². The molecule has 0 aromatic rings. The van der Waals surface area contributed by atoms with Crippen molar-refractivity contribution < 1.29 is 4.74 Å². The molecule has 3 saturated carbocycles. The maximum Gasteiger partial charge on any atom is 0.0665 e. The average Bonchev–Trinajstić information content (AvgIpc) is 2.76. The van der Waals surface area contributed by atoms with Gasteiger partial charge in [0.15, 0.2) is 0 Å². The number of ether oxygens (including phenoxy) is 1. The van der Waals surface area contributed by atoms with Crippen LogP contribution in [-0.2, 0) is 4.74 Å². The quantitative estimate of drug-likeness (QED) is 0.769. The lowest BCUT2D eigenvalue weighted by molar-refractivity contribution is -0.178. The van der Waals surface area contributed by atoms with E-state index in [1.165, 1.54) is 77.0 Å².